The van der Waals surface area contributed by atoms with Gasteiger partial charge in [-0.05, 0) is 25.0 Å². The van der Waals surface area contributed by atoms with Gasteiger partial charge in [0, 0.05) is 30.4 Å². The Hall–Kier alpha value is -2.67. The number of fused-ring (bicyclic) bond motifs is 1. The molecular weight excluding hydrogens is 338 g/mol. The zero-order valence-electron chi connectivity index (χ0n) is 13.5. The fourth-order valence-corrected chi connectivity index (χ4v) is 3.98. The van der Waals surface area contributed by atoms with E-state index in [2.05, 4.69) is 4.99 Å². The predicted octanol–water partition coefficient (Wildman–Crippen LogP) is 2.49. The minimum atomic E-state index is -0.333. The lowest BCUT2D eigenvalue weighted by Crippen LogP contribution is -2.33. The summed E-state index contributed by atoms with van der Waals surface area (Å²) in [7, 11) is 0. The van der Waals surface area contributed by atoms with Gasteiger partial charge in [0.1, 0.15) is 6.54 Å². The molecule has 1 fully saturated rings. The summed E-state index contributed by atoms with van der Waals surface area (Å²) in [5, 5.41) is 10.4. The maximum absolute atomic E-state index is 12.3. The van der Waals surface area contributed by atoms with E-state index < -0.39 is 0 Å². The number of nitrogens with zero attached hydrogens (tertiary/aromatic N) is 3. The molecule has 0 aliphatic carbocycles. The first-order valence-electron chi connectivity index (χ1n) is 8.19. The van der Waals surface area contributed by atoms with Crippen LogP contribution in [0.15, 0.2) is 34.1 Å². The average Bonchev–Trinajstić information content (AvgIpc) is 3.33. The van der Waals surface area contributed by atoms with Crippen molar-refractivity contribution < 1.29 is 9.90 Å². The van der Waals surface area contributed by atoms with Gasteiger partial charge in [0.05, 0.1) is 10.6 Å². The highest BCUT2D eigenvalue weighted by Gasteiger charge is 2.22. The van der Waals surface area contributed by atoms with Crippen molar-refractivity contribution in [3.63, 3.8) is 0 Å². The maximum Gasteiger partial charge on any atom is 0.311 e. The smallest absolute Gasteiger partial charge is 0.311 e. The number of aliphatic imine (C=N–C) groups is 1. The van der Waals surface area contributed by atoms with Crippen molar-refractivity contribution in [3.8, 4) is 5.88 Å². The second kappa shape index (κ2) is 6.33. The van der Waals surface area contributed by atoms with Crippen LogP contribution in [0.1, 0.15) is 23.3 Å². The van der Waals surface area contributed by atoms with Gasteiger partial charge in [-0.3, -0.25) is 19.1 Å². The maximum atomic E-state index is 12.3. The van der Waals surface area contributed by atoms with Crippen molar-refractivity contribution in [3.05, 3.63) is 44.4 Å². The van der Waals surface area contributed by atoms with Crippen LogP contribution in [-0.2, 0) is 11.3 Å². The van der Waals surface area contributed by atoms with Crippen molar-refractivity contribution in [1.82, 2.24) is 9.47 Å². The van der Waals surface area contributed by atoms with Crippen LogP contribution in [0.25, 0.3) is 11.6 Å². The highest BCUT2D eigenvalue weighted by molar-refractivity contribution is 7.10. The van der Waals surface area contributed by atoms with Gasteiger partial charge in [0.2, 0.25) is 11.8 Å². The van der Waals surface area contributed by atoms with E-state index in [-0.39, 0.29) is 23.2 Å². The highest BCUT2D eigenvalue weighted by atomic mass is 32.1. The second-order valence-corrected chi connectivity index (χ2v) is 7.10. The van der Waals surface area contributed by atoms with E-state index in [9.17, 15) is 14.7 Å². The number of aromatic hydroxyl groups is 1. The second-order valence-electron chi connectivity index (χ2n) is 6.10. The number of thiazole rings is 1. The molecule has 1 saturated heterocycles. The Morgan fingerprint density at radius 2 is 2.04 bits per heavy atom. The molecule has 128 valence electrons. The standard InChI is InChI=1S/C18H17N3O3S/c22-16(20-7-3-4-8-20)11-21-17(23)15(25-18(21)24)9-12-10-19-14-6-2-1-5-13(12)14/h1-2,5-6,9-10,23H,3-4,7-8,11H2/b12-9+. The first-order chi connectivity index (χ1) is 12.1. The molecule has 1 N–H and O–H groups in total. The minimum Gasteiger partial charge on any atom is -0.493 e. The first kappa shape index (κ1) is 15.8. The van der Waals surface area contributed by atoms with Crippen molar-refractivity contribution in [1.29, 1.82) is 0 Å². The summed E-state index contributed by atoms with van der Waals surface area (Å²) in [5.41, 5.74) is 2.66. The van der Waals surface area contributed by atoms with Crippen LogP contribution < -0.4 is 4.87 Å². The van der Waals surface area contributed by atoms with Crippen LogP contribution in [0.3, 0.4) is 0 Å². The summed E-state index contributed by atoms with van der Waals surface area (Å²) in [6.45, 7) is 1.33. The van der Waals surface area contributed by atoms with Crippen LogP contribution in [0, 0.1) is 0 Å². The summed E-state index contributed by atoms with van der Waals surface area (Å²) >= 11 is 0.936. The fourth-order valence-electron chi connectivity index (χ4n) is 3.14. The number of allylic oxidation sites excluding steroid dienone is 1. The molecule has 6 nitrogen and oxygen atoms in total. The summed E-state index contributed by atoms with van der Waals surface area (Å²) in [6.07, 6.45) is 5.44. The normalized spacial score (nSPS) is 17.4. The zero-order valence-corrected chi connectivity index (χ0v) is 14.3. The highest BCUT2D eigenvalue weighted by Crippen LogP contribution is 2.34. The third-order valence-corrected chi connectivity index (χ3v) is 5.41. The van der Waals surface area contributed by atoms with Gasteiger partial charge in [-0.25, -0.2) is 0 Å². The number of benzene rings is 1. The third kappa shape index (κ3) is 2.91. The van der Waals surface area contributed by atoms with E-state index in [1.54, 1.807) is 17.2 Å². The number of carbonyl (C=O) groups is 1. The lowest BCUT2D eigenvalue weighted by molar-refractivity contribution is -0.130. The Labute approximate surface area is 148 Å². The summed E-state index contributed by atoms with van der Waals surface area (Å²) in [6, 6.07) is 7.69. The number of hydrogen-bond donors (Lipinski definition) is 1. The minimum absolute atomic E-state index is 0.116. The van der Waals surface area contributed by atoms with Crippen LogP contribution in [0.5, 0.6) is 5.88 Å². The molecule has 7 heteroatoms. The molecule has 2 aromatic rings. The summed E-state index contributed by atoms with van der Waals surface area (Å²) < 4.78 is 1.15. The molecule has 4 rings (SSSR count). The number of rotatable bonds is 3. The Morgan fingerprint density at radius 3 is 2.84 bits per heavy atom. The number of amides is 1. The van der Waals surface area contributed by atoms with Crippen molar-refractivity contribution >= 4 is 40.8 Å². The molecule has 1 aromatic heterocycles. The molecule has 0 atom stereocenters. The lowest BCUT2D eigenvalue weighted by Gasteiger charge is -2.15. The van der Waals surface area contributed by atoms with Crippen molar-refractivity contribution in [2.75, 3.05) is 13.1 Å². The number of carbonyl (C=O) groups excluding carboxylic acids is 1. The van der Waals surface area contributed by atoms with Gasteiger partial charge in [0.15, 0.2) is 0 Å². The SMILES string of the molecule is O=C(Cn1c(O)c(/C=C2\C=Nc3ccccc32)sc1=O)N1CCCC1. The Morgan fingerprint density at radius 1 is 1.28 bits per heavy atom. The molecule has 0 spiro atoms. The number of hydrogen-bond acceptors (Lipinski definition) is 5. The van der Waals surface area contributed by atoms with Gasteiger partial charge in [-0.2, -0.15) is 0 Å². The molecule has 1 amide bonds. The summed E-state index contributed by atoms with van der Waals surface area (Å²) in [4.78, 5) is 30.6. The molecule has 25 heavy (non-hydrogen) atoms. The number of para-hydroxylation sites is 1. The number of likely N-dealkylation sites (tertiary alicyclic amines) is 1. The molecular formula is C18H17N3O3S. The molecule has 0 unspecified atom stereocenters. The van der Waals surface area contributed by atoms with Crippen molar-refractivity contribution in [2.45, 2.75) is 19.4 Å². The quantitative estimate of drug-likeness (QED) is 0.919. The topological polar surface area (TPSA) is 74.9 Å². The van der Waals surface area contributed by atoms with E-state index in [0.717, 1.165) is 58.7 Å². The lowest BCUT2D eigenvalue weighted by atomic mass is 10.1. The van der Waals surface area contributed by atoms with E-state index in [0.29, 0.717) is 4.88 Å². The Kier molecular flexibility index (Phi) is 4.01. The van der Waals surface area contributed by atoms with Crippen LogP contribution >= 0.6 is 11.3 Å². The molecule has 3 heterocycles. The van der Waals surface area contributed by atoms with Gasteiger partial charge < -0.3 is 10.0 Å². The molecule has 0 saturated carbocycles. The largest absolute Gasteiger partial charge is 0.493 e. The monoisotopic (exact) mass is 355 g/mol. The van der Waals surface area contributed by atoms with Gasteiger partial charge in [0.25, 0.3) is 0 Å². The van der Waals surface area contributed by atoms with Gasteiger partial charge in [-0.15, -0.1) is 0 Å². The fraction of sp³-hybridized carbons (Fsp3) is 0.278. The zero-order chi connectivity index (χ0) is 17.4. The van der Waals surface area contributed by atoms with Crippen molar-refractivity contribution in [2.24, 2.45) is 4.99 Å². The van der Waals surface area contributed by atoms with Crippen LogP contribution in [0.4, 0.5) is 5.69 Å². The average molecular weight is 355 g/mol. The molecule has 2 aliphatic heterocycles. The molecule has 0 radical (unpaired) electrons. The Balaban J connectivity index is 1.63. The van der Waals surface area contributed by atoms with Gasteiger partial charge >= 0.3 is 4.87 Å². The number of aromatic nitrogens is 1. The molecule has 1 aromatic carbocycles. The van der Waals surface area contributed by atoms with E-state index in [1.807, 2.05) is 24.3 Å². The van der Waals surface area contributed by atoms with E-state index in [1.165, 1.54) is 0 Å². The third-order valence-electron chi connectivity index (χ3n) is 4.49. The van der Waals surface area contributed by atoms with E-state index in [4.69, 9.17) is 0 Å². The predicted molar refractivity (Wildman–Crippen MR) is 98.5 cm³/mol. The Bertz CT molecular complexity index is 949. The first-order valence-corrected chi connectivity index (χ1v) is 9.00. The molecule has 0 bridgehead atoms. The van der Waals surface area contributed by atoms with Crippen LogP contribution in [-0.4, -0.2) is 39.8 Å². The van der Waals surface area contributed by atoms with E-state index >= 15 is 0 Å². The summed E-state index contributed by atoms with van der Waals surface area (Å²) in [5.74, 6) is -0.285. The van der Waals surface area contributed by atoms with Gasteiger partial charge in [-0.1, -0.05) is 29.5 Å². The molecule has 2 aliphatic rings. The van der Waals surface area contributed by atoms with Crippen LogP contribution in [0.2, 0.25) is 0 Å².